The number of hydrogen-bond acceptors (Lipinski definition) is 4. The lowest BCUT2D eigenvalue weighted by Crippen LogP contribution is -2.15. The molecule has 1 heterocycles. The summed E-state index contributed by atoms with van der Waals surface area (Å²) in [5.41, 5.74) is 9.10. The second kappa shape index (κ2) is 6.14. The highest BCUT2D eigenvalue weighted by molar-refractivity contribution is 5.89. The van der Waals surface area contributed by atoms with Crippen molar-refractivity contribution in [3.8, 4) is 0 Å². The van der Waals surface area contributed by atoms with E-state index in [4.69, 9.17) is 5.73 Å². The molecule has 0 atom stereocenters. The number of aromatic nitrogens is 2. The van der Waals surface area contributed by atoms with Gasteiger partial charge >= 0.3 is 0 Å². The van der Waals surface area contributed by atoms with Crippen LogP contribution in [0.3, 0.4) is 0 Å². The van der Waals surface area contributed by atoms with Gasteiger partial charge in [-0.25, -0.2) is 9.97 Å². The average molecular weight is 270 g/mol. The fourth-order valence-electron chi connectivity index (χ4n) is 1.91. The Labute approximate surface area is 118 Å². The molecule has 0 saturated carbocycles. The molecule has 5 nitrogen and oxygen atoms in total. The van der Waals surface area contributed by atoms with Crippen LogP contribution >= 0.6 is 0 Å². The number of nitrogen functional groups attached to an aromatic ring is 1. The molecule has 0 spiro atoms. The lowest BCUT2D eigenvalue weighted by molar-refractivity contribution is -0.116. The first-order valence-electron chi connectivity index (χ1n) is 6.49. The van der Waals surface area contributed by atoms with Gasteiger partial charge in [0.05, 0.1) is 0 Å². The van der Waals surface area contributed by atoms with Gasteiger partial charge in [0.15, 0.2) is 0 Å². The van der Waals surface area contributed by atoms with E-state index >= 15 is 0 Å². The minimum atomic E-state index is -0.0909. The predicted molar refractivity (Wildman–Crippen MR) is 79.3 cm³/mol. The summed E-state index contributed by atoms with van der Waals surface area (Å²) in [5, 5.41) is 2.72. The van der Waals surface area contributed by atoms with Crippen LogP contribution in [0.25, 0.3) is 0 Å². The maximum absolute atomic E-state index is 11.9. The lowest BCUT2D eigenvalue weighted by atomic mass is 10.1. The fourth-order valence-corrected chi connectivity index (χ4v) is 1.91. The second-order valence-corrected chi connectivity index (χ2v) is 4.76. The first kappa shape index (κ1) is 14.0. The fraction of sp³-hybridized carbons (Fsp3) is 0.267. The number of anilines is 2. The van der Waals surface area contributed by atoms with Gasteiger partial charge in [-0.15, -0.1) is 0 Å². The van der Waals surface area contributed by atoms with Crippen LogP contribution in [0.4, 0.5) is 11.6 Å². The smallest absolute Gasteiger partial charge is 0.229 e. The summed E-state index contributed by atoms with van der Waals surface area (Å²) in [4.78, 5) is 20.2. The van der Waals surface area contributed by atoms with E-state index in [1.165, 1.54) is 0 Å². The normalized spacial score (nSPS) is 10.3. The number of nitrogens with one attached hydrogen (secondary N) is 1. The molecule has 0 aliphatic heterocycles. The summed E-state index contributed by atoms with van der Waals surface area (Å²) in [7, 11) is 0. The molecular weight excluding hydrogens is 252 g/mol. The SMILES string of the molecule is Cc1cc(C)nc(NC(=O)CCc2ccc(N)cc2)n1. The van der Waals surface area contributed by atoms with Gasteiger partial charge in [-0.2, -0.15) is 0 Å². The van der Waals surface area contributed by atoms with Gasteiger partial charge in [0, 0.05) is 23.5 Å². The molecule has 5 heteroatoms. The Balaban J connectivity index is 1.90. The Morgan fingerprint density at radius 2 is 1.75 bits per heavy atom. The Kier molecular flexibility index (Phi) is 4.30. The van der Waals surface area contributed by atoms with Crippen LogP contribution < -0.4 is 11.1 Å². The average Bonchev–Trinajstić information content (AvgIpc) is 2.37. The molecule has 2 rings (SSSR count). The number of aryl methyl sites for hydroxylation is 3. The predicted octanol–water partition coefficient (Wildman–Crippen LogP) is 2.25. The Bertz CT molecular complexity index is 588. The van der Waals surface area contributed by atoms with Crippen LogP contribution in [0.2, 0.25) is 0 Å². The molecule has 20 heavy (non-hydrogen) atoms. The molecular formula is C15H18N4O. The molecule has 0 fully saturated rings. The molecule has 1 aromatic carbocycles. The van der Waals surface area contributed by atoms with Crippen molar-refractivity contribution >= 4 is 17.5 Å². The van der Waals surface area contributed by atoms with Gasteiger partial charge in [-0.1, -0.05) is 12.1 Å². The van der Waals surface area contributed by atoms with Gasteiger partial charge in [0.1, 0.15) is 0 Å². The van der Waals surface area contributed by atoms with E-state index in [0.717, 1.165) is 22.6 Å². The third kappa shape index (κ3) is 4.05. The highest BCUT2D eigenvalue weighted by Gasteiger charge is 2.06. The monoisotopic (exact) mass is 270 g/mol. The summed E-state index contributed by atoms with van der Waals surface area (Å²) in [5.74, 6) is 0.275. The van der Waals surface area contributed by atoms with Crippen molar-refractivity contribution < 1.29 is 4.79 Å². The molecule has 0 radical (unpaired) electrons. The van der Waals surface area contributed by atoms with E-state index in [2.05, 4.69) is 15.3 Å². The first-order chi connectivity index (χ1) is 9.52. The molecule has 0 aliphatic carbocycles. The van der Waals surface area contributed by atoms with Crippen molar-refractivity contribution in [2.75, 3.05) is 11.1 Å². The number of benzene rings is 1. The zero-order valence-corrected chi connectivity index (χ0v) is 11.7. The van der Waals surface area contributed by atoms with Crippen LogP contribution in [0.15, 0.2) is 30.3 Å². The maximum atomic E-state index is 11.9. The number of nitrogens with two attached hydrogens (primary N) is 1. The molecule has 1 aromatic heterocycles. The van der Waals surface area contributed by atoms with Crippen molar-refractivity contribution in [1.82, 2.24) is 9.97 Å². The second-order valence-electron chi connectivity index (χ2n) is 4.76. The Hall–Kier alpha value is -2.43. The third-order valence-corrected chi connectivity index (χ3v) is 2.85. The van der Waals surface area contributed by atoms with Gasteiger partial charge < -0.3 is 5.73 Å². The molecule has 3 N–H and O–H groups in total. The highest BCUT2D eigenvalue weighted by Crippen LogP contribution is 2.09. The zero-order valence-electron chi connectivity index (χ0n) is 11.7. The summed E-state index contributed by atoms with van der Waals surface area (Å²) >= 11 is 0. The molecule has 0 saturated heterocycles. The molecule has 1 amide bonds. The van der Waals surface area contributed by atoms with Crippen molar-refractivity contribution in [3.05, 3.63) is 47.3 Å². The van der Waals surface area contributed by atoms with Crippen LogP contribution in [-0.4, -0.2) is 15.9 Å². The molecule has 0 unspecified atom stereocenters. The van der Waals surface area contributed by atoms with Crippen LogP contribution in [0.1, 0.15) is 23.4 Å². The van der Waals surface area contributed by atoms with E-state index in [0.29, 0.717) is 18.8 Å². The molecule has 104 valence electrons. The van der Waals surface area contributed by atoms with Crippen LogP contribution in [0, 0.1) is 13.8 Å². The summed E-state index contributed by atoms with van der Waals surface area (Å²) < 4.78 is 0. The number of carbonyl (C=O) groups is 1. The van der Waals surface area contributed by atoms with E-state index in [1.54, 1.807) is 0 Å². The minimum absolute atomic E-state index is 0.0909. The van der Waals surface area contributed by atoms with Gasteiger partial charge in [-0.3, -0.25) is 10.1 Å². The molecule has 0 aliphatic rings. The molecule has 0 bridgehead atoms. The highest BCUT2D eigenvalue weighted by atomic mass is 16.1. The number of nitrogens with zero attached hydrogens (tertiary/aromatic N) is 2. The van der Waals surface area contributed by atoms with Crippen molar-refractivity contribution in [2.24, 2.45) is 0 Å². The molecule has 2 aromatic rings. The summed E-state index contributed by atoms with van der Waals surface area (Å²) in [6, 6.07) is 9.39. The zero-order chi connectivity index (χ0) is 14.5. The van der Waals surface area contributed by atoms with Crippen molar-refractivity contribution in [1.29, 1.82) is 0 Å². The van der Waals surface area contributed by atoms with Crippen molar-refractivity contribution in [2.45, 2.75) is 26.7 Å². The quantitative estimate of drug-likeness (QED) is 0.835. The van der Waals surface area contributed by atoms with E-state index < -0.39 is 0 Å². The number of carbonyl (C=O) groups excluding carboxylic acids is 1. The standard InChI is InChI=1S/C15H18N4O/c1-10-9-11(2)18-15(17-10)19-14(20)8-5-12-3-6-13(16)7-4-12/h3-4,6-7,9H,5,8,16H2,1-2H3,(H,17,18,19,20). The van der Waals surface area contributed by atoms with E-state index in [1.807, 2.05) is 44.2 Å². The topological polar surface area (TPSA) is 80.9 Å². The van der Waals surface area contributed by atoms with Crippen molar-refractivity contribution in [3.63, 3.8) is 0 Å². The maximum Gasteiger partial charge on any atom is 0.229 e. The Morgan fingerprint density at radius 1 is 1.15 bits per heavy atom. The Morgan fingerprint density at radius 3 is 2.35 bits per heavy atom. The van der Waals surface area contributed by atoms with E-state index in [9.17, 15) is 4.79 Å². The van der Waals surface area contributed by atoms with Gasteiger partial charge in [0.25, 0.3) is 0 Å². The lowest BCUT2D eigenvalue weighted by Gasteiger charge is -2.06. The largest absolute Gasteiger partial charge is 0.399 e. The van der Waals surface area contributed by atoms with Crippen LogP contribution in [-0.2, 0) is 11.2 Å². The summed E-state index contributed by atoms with van der Waals surface area (Å²) in [6.45, 7) is 3.75. The first-order valence-corrected chi connectivity index (χ1v) is 6.49. The van der Waals surface area contributed by atoms with E-state index in [-0.39, 0.29) is 5.91 Å². The number of hydrogen-bond donors (Lipinski definition) is 2. The van der Waals surface area contributed by atoms with Crippen LogP contribution in [0.5, 0.6) is 0 Å². The van der Waals surface area contributed by atoms with Gasteiger partial charge in [-0.05, 0) is 44.0 Å². The minimum Gasteiger partial charge on any atom is -0.399 e. The third-order valence-electron chi connectivity index (χ3n) is 2.85. The summed E-state index contributed by atoms with van der Waals surface area (Å²) in [6.07, 6.45) is 1.05. The van der Waals surface area contributed by atoms with Gasteiger partial charge in [0.2, 0.25) is 11.9 Å². The number of rotatable bonds is 4. The number of amides is 1.